The molecule has 0 aromatic rings. The Balaban J connectivity index is 4.01. The van der Waals surface area contributed by atoms with Crippen LogP contribution in [0.5, 0.6) is 0 Å². The molecule has 0 fully saturated rings. The number of phosphoric ester groups is 1. The van der Waals surface area contributed by atoms with E-state index in [1.165, 1.54) is 51.4 Å². The number of aliphatic carboxylic acids is 1. The summed E-state index contributed by atoms with van der Waals surface area (Å²) in [5.74, 6) is -2.38. The highest BCUT2D eigenvalue weighted by atomic mass is 31.2. The quantitative estimate of drug-likeness (QED) is 0.0233. The zero-order valence-corrected chi connectivity index (χ0v) is 29.5. The fraction of sp³-hybridized carbons (Fsp3) is 0.853. The van der Waals surface area contributed by atoms with E-state index in [9.17, 15) is 34.1 Å². The van der Waals surface area contributed by atoms with Crippen LogP contribution in [0.25, 0.3) is 0 Å². The van der Waals surface area contributed by atoms with Crippen molar-refractivity contribution < 1.29 is 47.8 Å². The molecule has 3 atom stereocenters. The lowest BCUT2D eigenvalue weighted by molar-refractivity contribution is -0.147. The first-order valence-corrected chi connectivity index (χ1v) is 19.2. The number of carboxylic acids is 1. The third kappa shape index (κ3) is 29.6. The number of esters is 1. The van der Waals surface area contributed by atoms with E-state index < -0.39 is 57.6 Å². The topological polar surface area (TPSA) is 169 Å². The molecule has 0 saturated heterocycles. The molecule has 4 N–H and O–H groups in total. The number of carboxylic acid groups (broad SMARTS) is 1. The van der Waals surface area contributed by atoms with Crippen molar-refractivity contribution >= 4 is 25.7 Å². The lowest BCUT2D eigenvalue weighted by Crippen LogP contribution is -2.43. The van der Waals surface area contributed by atoms with Crippen molar-refractivity contribution in [1.82, 2.24) is 5.32 Å². The van der Waals surface area contributed by atoms with Crippen LogP contribution in [0, 0.1) is 0 Å². The number of unbranched alkanes of at least 4 members (excludes halogenated alkanes) is 17. The molecular formula is C34H64NO10P. The Morgan fingerprint density at radius 1 is 0.674 bits per heavy atom. The molecule has 1 amide bonds. The molecule has 12 heteroatoms. The maximum absolute atomic E-state index is 12.2. The van der Waals surface area contributed by atoms with Crippen LogP contribution < -0.4 is 5.32 Å². The summed E-state index contributed by atoms with van der Waals surface area (Å²) >= 11 is 0. The Morgan fingerprint density at radius 3 is 1.74 bits per heavy atom. The minimum atomic E-state index is -4.74. The van der Waals surface area contributed by atoms with Gasteiger partial charge in [0.25, 0.3) is 0 Å². The van der Waals surface area contributed by atoms with Crippen LogP contribution in [-0.2, 0) is 32.7 Å². The highest BCUT2D eigenvalue weighted by Crippen LogP contribution is 2.43. The summed E-state index contributed by atoms with van der Waals surface area (Å²) in [6.07, 6.45) is 25.4. The van der Waals surface area contributed by atoms with Crippen molar-refractivity contribution in [2.75, 3.05) is 19.8 Å². The van der Waals surface area contributed by atoms with Crippen LogP contribution in [0.1, 0.15) is 155 Å². The summed E-state index contributed by atoms with van der Waals surface area (Å²) in [4.78, 5) is 45.5. The summed E-state index contributed by atoms with van der Waals surface area (Å²) < 4.78 is 26.6. The van der Waals surface area contributed by atoms with E-state index in [-0.39, 0.29) is 12.8 Å². The van der Waals surface area contributed by atoms with Gasteiger partial charge in [-0.25, -0.2) is 9.36 Å². The van der Waals surface area contributed by atoms with Gasteiger partial charge in [0, 0.05) is 12.8 Å². The van der Waals surface area contributed by atoms with E-state index in [0.717, 1.165) is 64.2 Å². The normalized spacial score (nSPS) is 14.2. The number of nitrogens with one attached hydrogen (secondary N) is 1. The minimum Gasteiger partial charge on any atom is -0.480 e. The number of allylic oxidation sites excluding steroid dienone is 2. The molecule has 0 aromatic carbocycles. The largest absolute Gasteiger partial charge is 0.480 e. The second-order valence-corrected chi connectivity index (χ2v) is 13.5. The average molecular weight is 678 g/mol. The molecule has 0 bridgehead atoms. The number of ether oxygens (including phenoxy) is 1. The molecule has 0 heterocycles. The van der Waals surface area contributed by atoms with Crippen molar-refractivity contribution in [2.24, 2.45) is 0 Å². The van der Waals surface area contributed by atoms with Gasteiger partial charge in [-0.2, -0.15) is 0 Å². The predicted molar refractivity (Wildman–Crippen MR) is 180 cm³/mol. The van der Waals surface area contributed by atoms with Gasteiger partial charge >= 0.3 is 19.8 Å². The molecule has 0 rings (SSSR count). The average Bonchev–Trinajstić information content (AvgIpc) is 3.02. The first-order valence-electron chi connectivity index (χ1n) is 17.7. The van der Waals surface area contributed by atoms with Gasteiger partial charge < -0.3 is 25.2 Å². The molecule has 270 valence electrons. The van der Waals surface area contributed by atoms with Crippen LogP contribution in [0.3, 0.4) is 0 Å². The number of hydrogen-bond donors (Lipinski definition) is 4. The molecule has 0 aliphatic carbocycles. The van der Waals surface area contributed by atoms with Gasteiger partial charge in [-0.15, -0.1) is 0 Å². The predicted octanol–water partition coefficient (Wildman–Crippen LogP) is 7.77. The van der Waals surface area contributed by atoms with E-state index in [0.29, 0.717) is 12.8 Å². The van der Waals surface area contributed by atoms with Crippen LogP contribution in [-0.4, -0.2) is 64.9 Å². The maximum Gasteiger partial charge on any atom is 0.472 e. The molecule has 0 aliphatic rings. The first kappa shape index (κ1) is 44.2. The van der Waals surface area contributed by atoms with Gasteiger partial charge in [0.15, 0.2) is 6.04 Å². The Labute approximate surface area is 277 Å². The zero-order valence-electron chi connectivity index (χ0n) is 28.6. The Bertz CT molecular complexity index is 854. The maximum atomic E-state index is 12.2. The molecule has 0 radical (unpaired) electrons. The fourth-order valence-electron chi connectivity index (χ4n) is 4.73. The number of carbonyl (C=O) groups excluding carboxylic acids is 2. The van der Waals surface area contributed by atoms with E-state index >= 15 is 0 Å². The van der Waals surface area contributed by atoms with Gasteiger partial charge in [0.1, 0.15) is 12.7 Å². The van der Waals surface area contributed by atoms with Gasteiger partial charge in [0.2, 0.25) is 5.91 Å². The lowest BCUT2D eigenvalue weighted by atomic mass is 10.0. The van der Waals surface area contributed by atoms with Crippen molar-refractivity contribution in [1.29, 1.82) is 0 Å². The molecular weight excluding hydrogens is 613 g/mol. The number of amides is 1. The zero-order chi connectivity index (χ0) is 34.3. The smallest absolute Gasteiger partial charge is 0.472 e. The summed E-state index contributed by atoms with van der Waals surface area (Å²) in [7, 11) is -4.74. The summed E-state index contributed by atoms with van der Waals surface area (Å²) in [5, 5.41) is 21.6. The molecule has 0 spiro atoms. The van der Waals surface area contributed by atoms with Crippen LogP contribution >= 0.6 is 7.82 Å². The third-order valence-electron chi connectivity index (χ3n) is 7.54. The van der Waals surface area contributed by atoms with E-state index in [1.54, 1.807) is 0 Å². The second kappa shape index (κ2) is 30.5. The summed E-state index contributed by atoms with van der Waals surface area (Å²) in [6, 6.07) is -1.54. The van der Waals surface area contributed by atoms with Crippen LogP contribution in [0.2, 0.25) is 0 Å². The Kier molecular flexibility index (Phi) is 29.4. The van der Waals surface area contributed by atoms with Crippen molar-refractivity contribution in [2.45, 2.75) is 167 Å². The van der Waals surface area contributed by atoms with Gasteiger partial charge in [0.05, 0.1) is 13.2 Å². The second-order valence-electron chi connectivity index (χ2n) is 12.1. The lowest BCUT2D eigenvalue weighted by Gasteiger charge is -2.18. The number of carbonyl (C=O) groups is 3. The number of hydrogen-bond acceptors (Lipinski definition) is 8. The number of rotatable bonds is 33. The standard InChI is InChI=1S/C34H64NO10P/c1-3-5-7-9-11-13-15-16-17-19-21-23-25-32(37)35-31(34(39)40)29-45-46(41,42)44-28-30(36)27-43-33(38)26-24-22-20-18-14-12-10-8-6-4-2/h8,10,30-31,36H,3-7,9,11-29H2,1-2H3,(H,35,37)(H,39,40)(H,41,42)/b10-8-. The third-order valence-corrected chi connectivity index (χ3v) is 8.49. The molecule has 0 aliphatic heterocycles. The monoisotopic (exact) mass is 677 g/mol. The van der Waals surface area contributed by atoms with Crippen molar-refractivity contribution in [3.63, 3.8) is 0 Å². The van der Waals surface area contributed by atoms with E-state index in [2.05, 4.69) is 31.3 Å². The number of phosphoric acid groups is 1. The molecule has 0 aromatic heterocycles. The van der Waals surface area contributed by atoms with Crippen molar-refractivity contribution in [3.8, 4) is 0 Å². The fourth-order valence-corrected chi connectivity index (χ4v) is 5.50. The highest BCUT2D eigenvalue weighted by Gasteiger charge is 2.28. The number of aliphatic hydroxyl groups is 1. The molecule has 11 nitrogen and oxygen atoms in total. The summed E-state index contributed by atoms with van der Waals surface area (Å²) in [5.41, 5.74) is 0. The van der Waals surface area contributed by atoms with Crippen LogP contribution in [0.4, 0.5) is 0 Å². The van der Waals surface area contributed by atoms with E-state index in [1.807, 2.05) is 0 Å². The molecule has 46 heavy (non-hydrogen) atoms. The highest BCUT2D eigenvalue weighted by molar-refractivity contribution is 7.47. The van der Waals surface area contributed by atoms with Crippen LogP contribution in [0.15, 0.2) is 12.2 Å². The number of aliphatic hydroxyl groups excluding tert-OH is 1. The van der Waals surface area contributed by atoms with Gasteiger partial charge in [-0.1, -0.05) is 122 Å². The Morgan fingerprint density at radius 2 is 1.17 bits per heavy atom. The van der Waals surface area contributed by atoms with Gasteiger partial charge in [-0.3, -0.25) is 18.6 Å². The van der Waals surface area contributed by atoms with Gasteiger partial charge in [-0.05, 0) is 32.1 Å². The molecule has 3 unspecified atom stereocenters. The minimum absolute atomic E-state index is 0.149. The SMILES string of the molecule is CCC/C=C\CCCCCCCC(=O)OCC(O)COP(=O)(O)OCC(NC(=O)CCCCCCCCCCCCCC)C(=O)O. The molecule has 0 saturated carbocycles. The first-order chi connectivity index (χ1) is 22.1. The Hall–Kier alpha value is -1.78. The summed E-state index contributed by atoms with van der Waals surface area (Å²) in [6.45, 7) is 2.48. The van der Waals surface area contributed by atoms with Crippen molar-refractivity contribution in [3.05, 3.63) is 12.2 Å². The van der Waals surface area contributed by atoms with E-state index in [4.69, 9.17) is 13.8 Å².